The van der Waals surface area contributed by atoms with Crippen molar-refractivity contribution in [1.82, 2.24) is 14.8 Å². The lowest BCUT2D eigenvalue weighted by Crippen LogP contribution is -2.30. The van der Waals surface area contributed by atoms with Crippen LogP contribution in [-0.2, 0) is 9.59 Å². The molecule has 2 aliphatic rings. The summed E-state index contributed by atoms with van der Waals surface area (Å²) in [5, 5.41) is 8.62. The minimum Gasteiger partial charge on any atom is -0.347 e. The number of anilines is 2. The Morgan fingerprint density at radius 2 is 1.62 bits per heavy atom. The van der Waals surface area contributed by atoms with Crippen molar-refractivity contribution < 1.29 is 9.59 Å². The predicted octanol–water partition coefficient (Wildman–Crippen LogP) is 3.73. The van der Waals surface area contributed by atoms with Gasteiger partial charge in [-0.2, -0.15) is 4.98 Å². The van der Waals surface area contributed by atoms with Crippen LogP contribution in [0, 0.1) is 0 Å². The van der Waals surface area contributed by atoms with E-state index in [-0.39, 0.29) is 42.7 Å². The average molecular weight is 408 g/mol. The largest absolute Gasteiger partial charge is 0.347 e. The summed E-state index contributed by atoms with van der Waals surface area (Å²) in [5.41, 5.74) is 2.17. The number of hydrogen-bond donors (Lipinski definition) is 1. The lowest BCUT2D eigenvalue weighted by Gasteiger charge is -2.31. The fraction of sp³-hybridized carbons (Fsp3) is 0.238. The molecule has 29 heavy (non-hydrogen) atoms. The van der Waals surface area contributed by atoms with Gasteiger partial charge in [0, 0.05) is 17.9 Å². The van der Waals surface area contributed by atoms with E-state index in [9.17, 15) is 9.59 Å². The van der Waals surface area contributed by atoms with Crippen LogP contribution in [0.1, 0.15) is 42.5 Å². The highest BCUT2D eigenvalue weighted by atomic mass is 35.5. The SMILES string of the molecule is O=C1CCC(=O)N1c1nc2n(n1)[C@@H](c1ccccc1)C[C@@H](c1ccc(Cl)cc1)N2. The Kier molecular flexibility index (Phi) is 4.32. The summed E-state index contributed by atoms with van der Waals surface area (Å²) in [6.07, 6.45) is 1.14. The maximum absolute atomic E-state index is 12.2. The van der Waals surface area contributed by atoms with Crippen LogP contribution < -0.4 is 10.2 Å². The molecule has 2 amide bonds. The molecule has 1 fully saturated rings. The Morgan fingerprint density at radius 1 is 0.931 bits per heavy atom. The first kappa shape index (κ1) is 17.9. The van der Waals surface area contributed by atoms with Crippen molar-refractivity contribution in [3.8, 4) is 0 Å². The van der Waals surface area contributed by atoms with E-state index in [4.69, 9.17) is 11.6 Å². The third-order valence-electron chi connectivity index (χ3n) is 5.39. The van der Waals surface area contributed by atoms with E-state index in [0.29, 0.717) is 11.0 Å². The molecule has 8 heteroatoms. The number of benzene rings is 2. The van der Waals surface area contributed by atoms with Gasteiger partial charge in [0.25, 0.3) is 5.95 Å². The highest BCUT2D eigenvalue weighted by Crippen LogP contribution is 2.39. The molecular formula is C21H18ClN5O2. The van der Waals surface area contributed by atoms with Gasteiger partial charge in [-0.25, -0.2) is 9.58 Å². The van der Waals surface area contributed by atoms with Gasteiger partial charge < -0.3 is 5.32 Å². The highest BCUT2D eigenvalue weighted by Gasteiger charge is 2.37. The minimum absolute atomic E-state index is 0.00740. The van der Waals surface area contributed by atoms with E-state index in [1.807, 2.05) is 54.6 Å². The summed E-state index contributed by atoms with van der Waals surface area (Å²) in [6, 6.07) is 17.7. The molecule has 2 aliphatic heterocycles. The van der Waals surface area contributed by atoms with Gasteiger partial charge in [-0.05, 0) is 29.7 Å². The molecule has 3 heterocycles. The second kappa shape index (κ2) is 7.00. The van der Waals surface area contributed by atoms with Crippen LogP contribution in [0.25, 0.3) is 0 Å². The number of nitrogens with one attached hydrogen (secondary N) is 1. The van der Waals surface area contributed by atoms with E-state index in [1.165, 1.54) is 0 Å². The van der Waals surface area contributed by atoms with Crippen LogP contribution in [0.3, 0.4) is 0 Å². The first-order valence-corrected chi connectivity index (χ1v) is 9.87. The molecule has 1 saturated heterocycles. The molecule has 2 atom stereocenters. The topological polar surface area (TPSA) is 80.1 Å². The van der Waals surface area contributed by atoms with E-state index in [2.05, 4.69) is 15.4 Å². The molecule has 1 N–H and O–H groups in total. The number of carbonyl (C=O) groups excluding carboxylic acids is 2. The zero-order valence-electron chi connectivity index (χ0n) is 15.5. The molecule has 0 bridgehead atoms. The quantitative estimate of drug-likeness (QED) is 0.669. The number of carbonyl (C=O) groups is 2. The van der Waals surface area contributed by atoms with Crippen LogP contribution in [0.2, 0.25) is 5.02 Å². The molecular weight excluding hydrogens is 390 g/mol. The molecule has 0 aliphatic carbocycles. The normalized spacial score (nSPS) is 21.2. The maximum atomic E-state index is 12.2. The monoisotopic (exact) mass is 407 g/mol. The van der Waals surface area contributed by atoms with Crippen LogP contribution in [0.4, 0.5) is 11.9 Å². The number of hydrogen-bond acceptors (Lipinski definition) is 5. The Hall–Kier alpha value is -3.19. The minimum atomic E-state index is -0.261. The Labute approximate surface area is 172 Å². The molecule has 0 spiro atoms. The lowest BCUT2D eigenvalue weighted by atomic mass is 9.93. The van der Waals surface area contributed by atoms with Crippen LogP contribution >= 0.6 is 11.6 Å². The van der Waals surface area contributed by atoms with Gasteiger partial charge in [0.15, 0.2) is 0 Å². The first-order chi connectivity index (χ1) is 14.1. The van der Waals surface area contributed by atoms with Crippen molar-refractivity contribution in [3.63, 3.8) is 0 Å². The van der Waals surface area contributed by atoms with Gasteiger partial charge in [0.1, 0.15) is 0 Å². The summed E-state index contributed by atoms with van der Waals surface area (Å²) in [5.74, 6) is 0.150. The molecule has 7 nitrogen and oxygen atoms in total. The number of aromatic nitrogens is 3. The summed E-state index contributed by atoms with van der Waals surface area (Å²) in [7, 11) is 0. The Bertz CT molecular complexity index is 1060. The molecule has 3 aromatic rings. The van der Waals surface area contributed by atoms with Gasteiger partial charge in [0.2, 0.25) is 17.8 Å². The summed E-state index contributed by atoms with van der Waals surface area (Å²) < 4.78 is 1.77. The van der Waals surface area contributed by atoms with Gasteiger partial charge in [-0.1, -0.05) is 54.1 Å². The molecule has 0 saturated carbocycles. The number of amides is 2. The zero-order valence-corrected chi connectivity index (χ0v) is 16.2. The first-order valence-electron chi connectivity index (χ1n) is 9.49. The van der Waals surface area contributed by atoms with Crippen molar-refractivity contribution >= 4 is 35.3 Å². The fourth-order valence-corrected chi connectivity index (χ4v) is 4.05. The van der Waals surface area contributed by atoms with Crippen molar-refractivity contribution in [1.29, 1.82) is 0 Å². The van der Waals surface area contributed by atoms with Crippen LogP contribution in [0.15, 0.2) is 54.6 Å². The standard InChI is InChI=1S/C21H18ClN5O2/c22-15-8-6-13(7-9-15)16-12-17(14-4-2-1-3-5-14)27-20(23-16)24-21(25-27)26-18(28)10-11-19(26)29/h1-9,16-17H,10-12H2,(H,23,24,25)/t16-,17+/m0/s1. The number of halogens is 1. The van der Waals surface area contributed by atoms with Crippen molar-refractivity contribution in [2.75, 3.05) is 10.2 Å². The fourth-order valence-electron chi connectivity index (χ4n) is 3.93. The maximum Gasteiger partial charge on any atom is 0.260 e. The molecule has 0 unspecified atom stereocenters. The summed E-state index contributed by atoms with van der Waals surface area (Å²) in [6.45, 7) is 0. The Balaban J connectivity index is 1.57. The Morgan fingerprint density at radius 3 is 2.31 bits per heavy atom. The molecule has 0 radical (unpaired) electrons. The number of rotatable bonds is 3. The highest BCUT2D eigenvalue weighted by molar-refractivity contribution is 6.30. The predicted molar refractivity (Wildman–Crippen MR) is 109 cm³/mol. The van der Waals surface area contributed by atoms with E-state index in [1.54, 1.807) is 4.68 Å². The van der Waals surface area contributed by atoms with Gasteiger partial charge in [-0.15, -0.1) is 5.10 Å². The van der Waals surface area contributed by atoms with Gasteiger partial charge in [-0.3, -0.25) is 9.59 Å². The summed E-state index contributed by atoms with van der Waals surface area (Å²) in [4.78, 5) is 29.9. The van der Waals surface area contributed by atoms with Crippen LogP contribution in [0.5, 0.6) is 0 Å². The van der Waals surface area contributed by atoms with E-state index < -0.39 is 0 Å². The van der Waals surface area contributed by atoms with Crippen molar-refractivity contribution in [3.05, 3.63) is 70.7 Å². The second-order valence-corrected chi connectivity index (χ2v) is 7.65. The third-order valence-corrected chi connectivity index (χ3v) is 5.64. The smallest absolute Gasteiger partial charge is 0.260 e. The zero-order chi connectivity index (χ0) is 20.0. The lowest BCUT2D eigenvalue weighted by molar-refractivity contribution is -0.121. The molecule has 5 rings (SSSR count). The number of nitrogens with zero attached hydrogens (tertiary/aromatic N) is 4. The molecule has 2 aromatic carbocycles. The van der Waals surface area contributed by atoms with Crippen molar-refractivity contribution in [2.24, 2.45) is 0 Å². The van der Waals surface area contributed by atoms with Crippen LogP contribution in [-0.4, -0.2) is 26.6 Å². The van der Waals surface area contributed by atoms with Crippen molar-refractivity contribution in [2.45, 2.75) is 31.3 Å². The third kappa shape index (κ3) is 3.17. The summed E-state index contributed by atoms with van der Waals surface area (Å²) >= 11 is 6.04. The second-order valence-electron chi connectivity index (χ2n) is 7.21. The number of fused-ring (bicyclic) bond motifs is 1. The number of imide groups is 1. The molecule has 1 aromatic heterocycles. The van der Waals surface area contributed by atoms with E-state index >= 15 is 0 Å². The average Bonchev–Trinajstić information content (AvgIpc) is 3.30. The van der Waals surface area contributed by atoms with E-state index in [0.717, 1.165) is 22.4 Å². The molecule has 146 valence electrons. The van der Waals surface area contributed by atoms with Gasteiger partial charge >= 0.3 is 0 Å². The van der Waals surface area contributed by atoms with Gasteiger partial charge in [0.05, 0.1) is 12.1 Å².